The predicted molar refractivity (Wildman–Crippen MR) is 125 cm³/mol. The van der Waals surface area contributed by atoms with Crippen LogP contribution in [0.25, 0.3) is 16.9 Å². The van der Waals surface area contributed by atoms with Crippen LogP contribution in [-0.4, -0.2) is 20.9 Å². The van der Waals surface area contributed by atoms with Crippen LogP contribution in [0.3, 0.4) is 0 Å². The van der Waals surface area contributed by atoms with Crippen LogP contribution in [0.4, 0.5) is 11.5 Å². The maximum absolute atomic E-state index is 11.9. The summed E-state index contributed by atoms with van der Waals surface area (Å²) in [5.41, 5.74) is 7.68. The van der Waals surface area contributed by atoms with Crippen LogP contribution in [0.15, 0.2) is 66.7 Å². The zero-order chi connectivity index (χ0) is 22.1. The number of benzene rings is 3. The third-order valence-electron chi connectivity index (χ3n) is 5.45. The van der Waals surface area contributed by atoms with E-state index in [1.807, 2.05) is 55.8 Å². The van der Waals surface area contributed by atoms with Crippen molar-refractivity contribution in [3.63, 3.8) is 0 Å². The lowest BCUT2D eigenvalue weighted by molar-refractivity contribution is 0.0698. The summed E-state index contributed by atoms with van der Waals surface area (Å²) in [6, 6.07) is 21.7. The van der Waals surface area contributed by atoms with Gasteiger partial charge in [0.25, 0.3) is 0 Å². The molecule has 4 aromatic rings. The number of carboxylic acid groups (broad SMARTS) is 1. The van der Waals surface area contributed by atoms with E-state index in [9.17, 15) is 9.90 Å². The maximum atomic E-state index is 11.9. The molecule has 0 aliphatic rings. The van der Waals surface area contributed by atoms with Gasteiger partial charge in [-0.25, -0.2) is 9.48 Å². The summed E-state index contributed by atoms with van der Waals surface area (Å²) in [6.45, 7) is 7.99. The summed E-state index contributed by atoms with van der Waals surface area (Å²) in [4.78, 5) is 11.9. The summed E-state index contributed by atoms with van der Waals surface area (Å²) in [6.07, 6.45) is 0. The van der Waals surface area contributed by atoms with Gasteiger partial charge in [0, 0.05) is 11.1 Å². The molecule has 0 saturated heterocycles. The molecule has 0 spiro atoms. The summed E-state index contributed by atoms with van der Waals surface area (Å²) in [5.74, 6) is -0.221. The molecular weight excluding hydrogens is 386 g/mol. The van der Waals surface area contributed by atoms with Crippen LogP contribution in [0.1, 0.15) is 32.6 Å². The molecule has 0 unspecified atom stereocenters. The second-order valence-corrected chi connectivity index (χ2v) is 7.87. The third-order valence-corrected chi connectivity index (χ3v) is 5.45. The lowest BCUT2D eigenvalue weighted by Gasteiger charge is -2.14. The molecule has 2 N–H and O–H groups in total. The maximum Gasteiger partial charge on any atom is 0.337 e. The zero-order valence-electron chi connectivity index (χ0n) is 18.1. The number of aromatic nitrogens is 2. The molecular formula is C26H25N3O2. The monoisotopic (exact) mass is 411 g/mol. The first-order valence-corrected chi connectivity index (χ1v) is 10.2. The van der Waals surface area contributed by atoms with E-state index in [2.05, 4.69) is 36.5 Å². The quantitative estimate of drug-likeness (QED) is 0.409. The van der Waals surface area contributed by atoms with E-state index in [1.165, 1.54) is 5.56 Å². The van der Waals surface area contributed by atoms with Gasteiger partial charge in [0.15, 0.2) is 0 Å². The van der Waals surface area contributed by atoms with E-state index in [0.29, 0.717) is 5.69 Å². The highest BCUT2D eigenvalue weighted by atomic mass is 16.4. The van der Waals surface area contributed by atoms with Crippen molar-refractivity contribution >= 4 is 17.5 Å². The highest BCUT2D eigenvalue weighted by Gasteiger charge is 2.20. The second kappa shape index (κ2) is 8.11. The van der Waals surface area contributed by atoms with Crippen molar-refractivity contribution in [1.82, 2.24) is 9.78 Å². The van der Waals surface area contributed by atoms with Crippen molar-refractivity contribution in [3.05, 3.63) is 94.5 Å². The van der Waals surface area contributed by atoms with Crippen LogP contribution in [0.5, 0.6) is 0 Å². The molecule has 0 aliphatic heterocycles. The number of carbonyl (C=O) groups is 1. The number of rotatable bonds is 5. The van der Waals surface area contributed by atoms with Crippen LogP contribution in [0.2, 0.25) is 0 Å². The van der Waals surface area contributed by atoms with Crippen molar-refractivity contribution in [2.75, 3.05) is 5.32 Å². The smallest absolute Gasteiger partial charge is 0.337 e. The SMILES string of the molecule is Cc1ccc(-c2nn(-c3ccccc3C)c(Nc3ccc(C)cc3C(=O)O)c2C)cc1. The average molecular weight is 412 g/mol. The fourth-order valence-corrected chi connectivity index (χ4v) is 3.68. The van der Waals surface area contributed by atoms with Crippen LogP contribution in [-0.2, 0) is 0 Å². The zero-order valence-corrected chi connectivity index (χ0v) is 18.1. The van der Waals surface area contributed by atoms with Gasteiger partial charge in [-0.1, -0.05) is 59.7 Å². The lowest BCUT2D eigenvalue weighted by Crippen LogP contribution is -2.08. The number of para-hydroxylation sites is 1. The summed E-state index contributed by atoms with van der Waals surface area (Å²) >= 11 is 0. The van der Waals surface area contributed by atoms with Crippen molar-refractivity contribution in [2.45, 2.75) is 27.7 Å². The molecule has 0 atom stereocenters. The van der Waals surface area contributed by atoms with E-state index in [4.69, 9.17) is 5.10 Å². The largest absolute Gasteiger partial charge is 0.478 e. The van der Waals surface area contributed by atoms with E-state index < -0.39 is 5.97 Å². The standard InChI is InChI=1S/C26H25N3O2/c1-16-9-12-20(13-10-16)24-19(4)25(29(28-24)23-8-6-5-7-18(23)3)27-22-14-11-17(2)15-21(22)26(30)31/h5-15,27H,1-4H3,(H,30,31). The van der Waals surface area contributed by atoms with Crippen LogP contribution in [0, 0.1) is 27.7 Å². The Kier molecular flexibility index (Phi) is 5.34. The molecule has 0 bridgehead atoms. The minimum atomic E-state index is -0.968. The number of anilines is 2. The molecule has 0 saturated carbocycles. The predicted octanol–water partition coefficient (Wildman–Crippen LogP) is 6.21. The van der Waals surface area contributed by atoms with Gasteiger partial charge in [-0.15, -0.1) is 0 Å². The molecule has 0 radical (unpaired) electrons. The highest BCUT2D eigenvalue weighted by molar-refractivity contribution is 5.95. The van der Waals surface area contributed by atoms with Gasteiger partial charge in [-0.05, 0) is 51.5 Å². The minimum Gasteiger partial charge on any atom is -0.478 e. The molecule has 1 heterocycles. The summed E-state index contributed by atoms with van der Waals surface area (Å²) in [7, 11) is 0. The Hall–Kier alpha value is -3.86. The van der Waals surface area contributed by atoms with Gasteiger partial charge < -0.3 is 10.4 Å². The number of aromatic carboxylic acids is 1. The third kappa shape index (κ3) is 3.94. The molecule has 0 fully saturated rings. The molecule has 0 aliphatic carbocycles. The number of nitrogens with zero attached hydrogens (tertiary/aromatic N) is 2. The van der Waals surface area contributed by atoms with Crippen LogP contribution < -0.4 is 5.32 Å². The molecule has 4 rings (SSSR count). The average Bonchev–Trinajstić information content (AvgIpc) is 3.06. The van der Waals surface area contributed by atoms with E-state index >= 15 is 0 Å². The van der Waals surface area contributed by atoms with Gasteiger partial charge in [0.2, 0.25) is 0 Å². The van der Waals surface area contributed by atoms with Crippen LogP contribution >= 0.6 is 0 Å². The topological polar surface area (TPSA) is 67.2 Å². The Balaban J connectivity index is 1.91. The van der Waals surface area contributed by atoms with Crippen molar-refractivity contribution < 1.29 is 9.90 Å². The first-order valence-electron chi connectivity index (χ1n) is 10.2. The molecule has 31 heavy (non-hydrogen) atoms. The lowest BCUT2D eigenvalue weighted by atomic mass is 10.1. The fourth-order valence-electron chi connectivity index (χ4n) is 3.68. The first-order chi connectivity index (χ1) is 14.8. The first kappa shape index (κ1) is 20.4. The Bertz CT molecular complexity index is 1270. The van der Waals surface area contributed by atoms with E-state index in [0.717, 1.165) is 39.5 Å². The van der Waals surface area contributed by atoms with Gasteiger partial charge >= 0.3 is 5.97 Å². The van der Waals surface area contributed by atoms with Gasteiger partial charge in [0.05, 0.1) is 22.6 Å². The summed E-state index contributed by atoms with van der Waals surface area (Å²) < 4.78 is 1.87. The van der Waals surface area contributed by atoms with Crippen molar-refractivity contribution in [2.24, 2.45) is 0 Å². The van der Waals surface area contributed by atoms with Gasteiger partial charge in [0.1, 0.15) is 5.82 Å². The Morgan fingerprint density at radius 3 is 2.26 bits per heavy atom. The number of aryl methyl sites for hydroxylation is 3. The van der Waals surface area contributed by atoms with E-state index in [-0.39, 0.29) is 5.56 Å². The molecule has 156 valence electrons. The molecule has 0 amide bonds. The number of carboxylic acids is 1. The normalized spacial score (nSPS) is 10.8. The second-order valence-electron chi connectivity index (χ2n) is 7.87. The minimum absolute atomic E-state index is 0.230. The van der Waals surface area contributed by atoms with E-state index in [1.54, 1.807) is 12.1 Å². The molecule has 5 heteroatoms. The van der Waals surface area contributed by atoms with Gasteiger partial charge in [-0.2, -0.15) is 5.10 Å². The molecule has 3 aromatic carbocycles. The van der Waals surface area contributed by atoms with Crippen molar-refractivity contribution in [3.8, 4) is 16.9 Å². The highest BCUT2D eigenvalue weighted by Crippen LogP contribution is 2.34. The molecule has 1 aromatic heterocycles. The Morgan fingerprint density at radius 2 is 1.58 bits per heavy atom. The summed E-state index contributed by atoms with van der Waals surface area (Å²) in [5, 5.41) is 18.0. The number of nitrogens with one attached hydrogen (secondary N) is 1. The Morgan fingerprint density at radius 1 is 0.903 bits per heavy atom. The number of hydrogen-bond acceptors (Lipinski definition) is 3. The molecule has 5 nitrogen and oxygen atoms in total. The Labute approximate surface area is 182 Å². The number of hydrogen-bond donors (Lipinski definition) is 2. The van der Waals surface area contributed by atoms with Crippen molar-refractivity contribution in [1.29, 1.82) is 0 Å². The fraction of sp³-hybridized carbons (Fsp3) is 0.154. The van der Waals surface area contributed by atoms with Gasteiger partial charge in [-0.3, -0.25) is 0 Å².